The Kier molecular flexibility index (Phi) is 3.61. The van der Waals surface area contributed by atoms with Crippen LogP contribution in [0.5, 0.6) is 0 Å². The summed E-state index contributed by atoms with van der Waals surface area (Å²) in [6.07, 6.45) is 2.80. The lowest BCUT2D eigenvalue weighted by molar-refractivity contribution is 0.409. The van der Waals surface area contributed by atoms with Crippen molar-refractivity contribution in [2.45, 2.75) is 33.7 Å². The predicted octanol–water partition coefficient (Wildman–Crippen LogP) is 4.65. The largest absolute Gasteiger partial charge is 0.339 e. The number of rotatable bonds is 2. The number of hydrogen-bond acceptors (Lipinski definition) is 5. The van der Waals surface area contributed by atoms with Crippen molar-refractivity contribution in [1.29, 1.82) is 0 Å². The van der Waals surface area contributed by atoms with Crippen molar-refractivity contribution in [3.63, 3.8) is 0 Å². The van der Waals surface area contributed by atoms with Crippen LogP contribution in [0.25, 0.3) is 10.1 Å². The van der Waals surface area contributed by atoms with E-state index >= 15 is 0 Å². The number of aromatic nitrogens is 2. The molecule has 0 unspecified atom stereocenters. The van der Waals surface area contributed by atoms with Crippen LogP contribution in [0, 0.1) is 5.41 Å². The van der Waals surface area contributed by atoms with Crippen LogP contribution < -0.4 is 5.32 Å². The molecule has 0 saturated carbocycles. The van der Waals surface area contributed by atoms with E-state index in [-0.39, 0.29) is 5.41 Å². The highest BCUT2D eigenvalue weighted by Crippen LogP contribution is 2.31. The summed E-state index contributed by atoms with van der Waals surface area (Å²) in [5.41, 5.74) is 4.60. The second-order valence-corrected chi connectivity index (χ2v) is 8.18. The molecule has 0 radical (unpaired) electrons. The van der Waals surface area contributed by atoms with Crippen LogP contribution in [0.2, 0.25) is 0 Å². The van der Waals surface area contributed by atoms with Crippen molar-refractivity contribution in [3.05, 3.63) is 53.5 Å². The number of benzene rings is 1. The Hall–Kier alpha value is -2.27. The summed E-state index contributed by atoms with van der Waals surface area (Å²) in [5.74, 6) is 0.851. The van der Waals surface area contributed by atoms with E-state index in [4.69, 9.17) is 0 Å². The molecule has 24 heavy (non-hydrogen) atoms. The molecule has 1 N–H and O–H groups in total. The van der Waals surface area contributed by atoms with E-state index in [0.29, 0.717) is 6.54 Å². The summed E-state index contributed by atoms with van der Waals surface area (Å²) in [4.78, 5) is 9.00. The van der Waals surface area contributed by atoms with E-state index in [2.05, 4.69) is 64.7 Å². The maximum Gasteiger partial charge on any atom is 0.152 e. The average molecular weight is 336 g/mol. The number of amidine groups is 1. The summed E-state index contributed by atoms with van der Waals surface area (Å²) in [6, 6.07) is 10.5. The van der Waals surface area contributed by atoms with Crippen molar-refractivity contribution < 1.29 is 0 Å². The highest BCUT2D eigenvalue weighted by atomic mass is 32.1. The average Bonchev–Trinajstić information content (AvgIpc) is 3.11. The fourth-order valence-corrected chi connectivity index (χ4v) is 3.79. The van der Waals surface area contributed by atoms with E-state index in [0.717, 1.165) is 23.6 Å². The Labute approximate surface area is 145 Å². The van der Waals surface area contributed by atoms with Gasteiger partial charge in [0.15, 0.2) is 5.84 Å². The lowest BCUT2D eigenvalue weighted by Gasteiger charge is -2.16. The highest BCUT2D eigenvalue weighted by molar-refractivity contribution is 7.13. The maximum atomic E-state index is 4.66. The number of hydrogen-bond donors (Lipinski definition) is 1. The SMILES string of the molecule is CC(C)(C)Cc1nsc2cc(NC3=NCc4cccnc43)ccc12. The van der Waals surface area contributed by atoms with Gasteiger partial charge in [-0.05, 0) is 47.6 Å². The topological polar surface area (TPSA) is 50.2 Å². The van der Waals surface area contributed by atoms with Gasteiger partial charge in [0.2, 0.25) is 0 Å². The standard InChI is InChI=1S/C19H20N4S/c1-19(2,3)10-15-14-7-6-13(9-16(14)24-23-15)22-18-17-12(11-21-18)5-4-8-20-17/h4-9H,10-11H2,1-3H3,(H,21,22). The molecule has 4 nitrogen and oxygen atoms in total. The third-order valence-electron chi connectivity index (χ3n) is 4.03. The second-order valence-electron chi connectivity index (χ2n) is 7.38. The van der Waals surface area contributed by atoms with Gasteiger partial charge >= 0.3 is 0 Å². The van der Waals surface area contributed by atoms with Gasteiger partial charge < -0.3 is 5.32 Å². The number of pyridine rings is 1. The maximum absolute atomic E-state index is 4.66. The first-order chi connectivity index (χ1) is 11.5. The van der Waals surface area contributed by atoms with E-state index in [1.807, 2.05) is 12.3 Å². The van der Waals surface area contributed by atoms with Gasteiger partial charge in [0, 0.05) is 22.8 Å². The van der Waals surface area contributed by atoms with Crippen LogP contribution in [0.4, 0.5) is 5.69 Å². The normalized spacial score (nSPS) is 13.9. The molecule has 122 valence electrons. The van der Waals surface area contributed by atoms with Gasteiger partial charge in [-0.25, -0.2) is 0 Å². The van der Waals surface area contributed by atoms with Crippen LogP contribution in [0.3, 0.4) is 0 Å². The van der Waals surface area contributed by atoms with Crippen LogP contribution in [0.1, 0.15) is 37.7 Å². The van der Waals surface area contributed by atoms with Gasteiger partial charge in [-0.15, -0.1) is 0 Å². The number of nitrogens with one attached hydrogen (secondary N) is 1. The van der Waals surface area contributed by atoms with Crippen LogP contribution >= 0.6 is 11.5 Å². The molecule has 3 heterocycles. The first kappa shape index (κ1) is 15.3. The summed E-state index contributed by atoms with van der Waals surface area (Å²) < 4.78 is 5.87. The summed E-state index contributed by atoms with van der Waals surface area (Å²) in [6.45, 7) is 7.44. The number of anilines is 1. The van der Waals surface area contributed by atoms with Crippen molar-refractivity contribution in [1.82, 2.24) is 9.36 Å². The molecule has 0 bridgehead atoms. The Morgan fingerprint density at radius 2 is 2.08 bits per heavy atom. The van der Waals surface area contributed by atoms with E-state index < -0.39 is 0 Å². The van der Waals surface area contributed by atoms with Crippen LogP contribution in [0.15, 0.2) is 41.5 Å². The molecule has 0 atom stereocenters. The molecule has 4 rings (SSSR count). The molecule has 1 aliphatic heterocycles. The molecule has 5 heteroatoms. The molecule has 0 amide bonds. The van der Waals surface area contributed by atoms with Crippen LogP contribution in [-0.4, -0.2) is 15.2 Å². The lowest BCUT2D eigenvalue weighted by Crippen LogP contribution is -2.13. The van der Waals surface area contributed by atoms with E-state index in [9.17, 15) is 0 Å². The molecular formula is C19H20N4S. The van der Waals surface area contributed by atoms with Gasteiger partial charge in [-0.2, -0.15) is 4.37 Å². The Morgan fingerprint density at radius 1 is 1.21 bits per heavy atom. The van der Waals surface area contributed by atoms with Gasteiger partial charge in [0.25, 0.3) is 0 Å². The highest BCUT2D eigenvalue weighted by Gasteiger charge is 2.18. The molecule has 0 saturated heterocycles. The summed E-state index contributed by atoms with van der Waals surface area (Å²) in [5, 5.41) is 4.67. The zero-order valence-electron chi connectivity index (χ0n) is 14.1. The molecule has 0 aliphatic carbocycles. The minimum Gasteiger partial charge on any atom is -0.339 e. The number of fused-ring (bicyclic) bond motifs is 2. The predicted molar refractivity (Wildman–Crippen MR) is 101 cm³/mol. The minimum atomic E-state index is 0.242. The molecular weight excluding hydrogens is 316 g/mol. The molecule has 1 aromatic carbocycles. The first-order valence-electron chi connectivity index (χ1n) is 8.14. The fourth-order valence-electron chi connectivity index (χ4n) is 2.95. The molecule has 0 spiro atoms. The Morgan fingerprint density at radius 3 is 2.92 bits per heavy atom. The summed E-state index contributed by atoms with van der Waals surface area (Å²) >= 11 is 1.57. The quantitative estimate of drug-likeness (QED) is 0.741. The number of aliphatic imine (C=N–C) groups is 1. The van der Waals surface area contributed by atoms with Crippen molar-refractivity contribution >= 4 is 33.1 Å². The molecule has 3 aromatic rings. The monoisotopic (exact) mass is 336 g/mol. The van der Waals surface area contributed by atoms with Gasteiger partial charge in [-0.1, -0.05) is 26.8 Å². The fraction of sp³-hybridized carbons (Fsp3) is 0.316. The molecule has 0 fully saturated rings. The second kappa shape index (κ2) is 5.67. The Balaban J connectivity index is 1.61. The number of nitrogens with zero attached hydrogens (tertiary/aromatic N) is 3. The van der Waals surface area contributed by atoms with Crippen LogP contribution in [-0.2, 0) is 13.0 Å². The smallest absolute Gasteiger partial charge is 0.152 e. The first-order valence-corrected chi connectivity index (χ1v) is 8.91. The minimum absolute atomic E-state index is 0.242. The zero-order chi connectivity index (χ0) is 16.7. The third-order valence-corrected chi connectivity index (χ3v) is 4.88. The lowest BCUT2D eigenvalue weighted by atomic mass is 9.89. The van der Waals surface area contributed by atoms with Crippen molar-refractivity contribution in [2.24, 2.45) is 10.4 Å². The Bertz CT molecular complexity index is 934. The summed E-state index contributed by atoms with van der Waals surface area (Å²) in [7, 11) is 0. The van der Waals surface area contributed by atoms with Gasteiger partial charge in [0.1, 0.15) is 5.69 Å². The van der Waals surface area contributed by atoms with Gasteiger partial charge in [0.05, 0.1) is 16.9 Å². The van der Waals surface area contributed by atoms with E-state index in [1.54, 1.807) is 11.5 Å². The molecule has 1 aliphatic rings. The molecule has 2 aromatic heterocycles. The van der Waals surface area contributed by atoms with Gasteiger partial charge in [-0.3, -0.25) is 9.98 Å². The van der Waals surface area contributed by atoms with E-state index in [1.165, 1.54) is 21.3 Å². The third kappa shape index (κ3) is 2.91. The van der Waals surface area contributed by atoms with Crippen molar-refractivity contribution in [3.8, 4) is 0 Å². The van der Waals surface area contributed by atoms with Crippen molar-refractivity contribution in [2.75, 3.05) is 5.32 Å². The zero-order valence-corrected chi connectivity index (χ0v) is 14.9.